The molecule has 186 valence electrons. The Morgan fingerprint density at radius 2 is 1.83 bits per heavy atom. The summed E-state index contributed by atoms with van der Waals surface area (Å²) in [5, 5.41) is 8.89. The SMILES string of the molecule is CCCC(NC1=C(C)CCNC1)c1ccc(C#CC2CC2)cc1Cl.Clc1ccc2c(c1)CCCC2. The van der Waals surface area contributed by atoms with Gasteiger partial charge in [-0.25, -0.2) is 0 Å². The number of aryl methyl sites for hydroxylation is 2. The molecule has 5 rings (SSSR count). The molecule has 1 atom stereocenters. The van der Waals surface area contributed by atoms with Gasteiger partial charge in [0.1, 0.15) is 0 Å². The second-order valence-electron chi connectivity index (χ2n) is 10.1. The van der Waals surface area contributed by atoms with Crippen molar-refractivity contribution in [3.63, 3.8) is 0 Å². The van der Waals surface area contributed by atoms with Crippen LogP contribution < -0.4 is 10.6 Å². The van der Waals surface area contributed by atoms with Crippen LogP contribution in [0.2, 0.25) is 10.0 Å². The third-order valence-corrected chi connectivity index (χ3v) is 7.67. The Morgan fingerprint density at radius 3 is 2.54 bits per heavy atom. The number of nitrogens with one attached hydrogen (secondary N) is 2. The van der Waals surface area contributed by atoms with Crippen molar-refractivity contribution in [1.29, 1.82) is 0 Å². The van der Waals surface area contributed by atoms with Gasteiger partial charge in [-0.05, 0) is 106 Å². The lowest BCUT2D eigenvalue weighted by atomic mass is 9.92. The summed E-state index contributed by atoms with van der Waals surface area (Å²) in [5.41, 5.74) is 7.96. The zero-order chi connectivity index (χ0) is 24.6. The number of benzene rings is 2. The molecule has 2 N–H and O–H groups in total. The van der Waals surface area contributed by atoms with Crippen molar-refractivity contribution in [3.8, 4) is 11.8 Å². The first-order valence-corrected chi connectivity index (χ1v) is 14.0. The van der Waals surface area contributed by atoms with Crippen LogP contribution in [0, 0.1) is 17.8 Å². The summed E-state index contributed by atoms with van der Waals surface area (Å²) in [7, 11) is 0. The van der Waals surface area contributed by atoms with E-state index >= 15 is 0 Å². The number of fused-ring (bicyclic) bond motifs is 1. The molecule has 0 spiro atoms. The fourth-order valence-corrected chi connectivity index (χ4v) is 5.28. The highest BCUT2D eigenvalue weighted by molar-refractivity contribution is 6.31. The predicted octanol–water partition coefficient (Wildman–Crippen LogP) is 8.02. The van der Waals surface area contributed by atoms with E-state index in [1.165, 1.54) is 66.5 Å². The van der Waals surface area contributed by atoms with E-state index in [4.69, 9.17) is 23.2 Å². The first kappa shape index (κ1) is 26.2. The van der Waals surface area contributed by atoms with Crippen LogP contribution in [-0.2, 0) is 12.8 Å². The van der Waals surface area contributed by atoms with Crippen molar-refractivity contribution in [2.24, 2.45) is 5.92 Å². The molecule has 0 saturated heterocycles. The van der Waals surface area contributed by atoms with Crippen LogP contribution in [0.25, 0.3) is 0 Å². The molecule has 3 aliphatic rings. The maximum absolute atomic E-state index is 6.61. The van der Waals surface area contributed by atoms with Gasteiger partial charge in [-0.2, -0.15) is 0 Å². The van der Waals surface area contributed by atoms with Gasteiger partial charge in [0.05, 0.1) is 6.04 Å². The Labute approximate surface area is 221 Å². The Bertz CT molecular complexity index is 1100. The highest BCUT2D eigenvalue weighted by atomic mass is 35.5. The van der Waals surface area contributed by atoms with Crippen LogP contribution in [0.5, 0.6) is 0 Å². The van der Waals surface area contributed by atoms with E-state index in [0.717, 1.165) is 48.0 Å². The van der Waals surface area contributed by atoms with Gasteiger partial charge in [0.2, 0.25) is 0 Å². The highest BCUT2D eigenvalue weighted by Gasteiger charge is 2.19. The van der Waals surface area contributed by atoms with Gasteiger partial charge in [0.15, 0.2) is 0 Å². The topological polar surface area (TPSA) is 24.1 Å². The van der Waals surface area contributed by atoms with Crippen LogP contribution in [-0.4, -0.2) is 13.1 Å². The second kappa shape index (κ2) is 12.9. The largest absolute Gasteiger partial charge is 0.380 e. The van der Waals surface area contributed by atoms with Crippen LogP contribution in [0.3, 0.4) is 0 Å². The van der Waals surface area contributed by atoms with Crippen molar-refractivity contribution < 1.29 is 0 Å². The predicted molar refractivity (Wildman–Crippen MR) is 150 cm³/mol. The number of hydrogen-bond acceptors (Lipinski definition) is 2. The van der Waals surface area contributed by atoms with Gasteiger partial charge >= 0.3 is 0 Å². The van der Waals surface area contributed by atoms with E-state index in [9.17, 15) is 0 Å². The molecule has 1 unspecified atom stereocenters. The summed E-state index contributed by atoms with van der Waals surface area (Å²) in [4.78, 5) is 0. The van der Waals surface area contributed by atoms with Crippen molar-refractivity contribution in [3.05, 3.63) is 80.0 Å². The third kappa shape index (κ3) is 7.78. The lowest BCUT2D eigenvalue weighted by Gasteiger charge is -2.27. The molecule has 0 amide bonds. The van der Waals surface area contributed by atoms with E-state index in [1.54, 1.807) is 0 Å². The molecular weight excluding hydrogens is 471 g/mol. The minimum Gasteiger partial charge on any atom is -0.380 e. The van der Waals surface area contributed by atoms with Gasteiger partial charge in [-0.15, -0.1) is 0 Å². The number of halogens is 2. The maximum atomic E-state index is 6.61. The maximum Gasteiger partial charge on any atom is 0.0525 e. The minimum atomic E-state index is 0.262. The molecule has 1 fully saturated rings. The molecule has 2 nitrogen and oxygen atoms in total. The Hall–Kier alpha value is -1.92. The van der Waals surface area contributed by atoms with Crippen LogP contribution >= 0.6 is 23.2 Å². The molecule has 0 aromatic heterocycles. The van der Waals surface area contributed by atoms with Crippen molar-refractivity contribution in [2.45, 2.75) is 77.7 Å². The number of rotatable bonds is 5. The van der Waals surface area contributed by atoms with E-state index in [1.807, 2.05) is 12.1 Å². The zero-order valence-corrected chi connectivity index (χ0v) is 22.7. The van der Waals surface area contributed by atoms with Crippen LogP contribution in [0.15, 0.2) is 47.7 Å². The van der Waals surface area contributed by atoms with Gasteiger partial charge in [-0.1, -0.05) is 66.1 Å². The Kier molecular flexibility index (Phi) is 9.61. The summed E-state index contributed by atoms with van der Waals surface area (Å²) in [6, 6.07) is 12.8. The van der Waals surface area contributed by atoms with E-state index in [0.29, 0.717) is 5.92 Å². The zero-order valence-electron chi connectivity index (χ0n) is 21.2. The van der Waals surface area contributed by atoms with E-state index in [-0.39, 0.29) is 6.04 Å². The molecule has 1 heterocycles. The first-order chi connectivity index (χ1) is 17.0. The summed E-state index contributed by atoms with van der Waals surface area (Å²) in [6.07, 6.45) is 10.9. The second-order valence-corrected chi connectivity index (χ2v) is 10.9. The average Bonchev–Trinajstić information content (AvgIpc) is 3.69. The van der Waals surface area contributed by atoms with Crippen LogP contribution in [0.4, 0.5) is 0 Å². The number of hydrogen-bond donors (Lipinski definition) is 2. The van der Waals surface area contributed by atoms with Crippen molar-refractivity contribution >= 4 is 23.2 Å². The molecule has 2 aromatic rings. The lowest BCUT2D eigenvalue weighted by molar-refractivity contribution is 0.512. The normalized spacial score (nSPS) is 17.9. The summed E-state index contributed by atoms with van der Waals surface area (Å²) >= 11 is 12.5. The summed E-state index contributed by atoms with van der Waals surface area (Å²) < 4.78 is 0. The van der Waals surface area contributed by atoms with Crippen LogP contribution in [0.1, 0.15) is 87.1 Å². The molecule has 0 bridgehead atoms. The fraction of sp³-hybridized carbons (Fsp3) is 0.484. The minimum absolute atomic E-state index is 0.262. The van der Waals surface area contributed by atoms with Gasteiger partial charge < -0.3 is 10.6 Å². The lowest BCUT2D eigenvalue weighted by Crippen LogP contribution is -2.33. The average molecular weight is 510 g/mol. The summed E-state index contributed by atoms with van der Waals surface area (Å²) in [6.45, 7) is 6.45. The van der Waals surface area contributed by atoms with Crippen molar-refractivity contribution in [2.75, 3.05) is 13.1 Å². The van der Waals surface area contributed by atoms with Crippen molar-refractivity contribution in [1.82, 2.24) is 10.6 Å². The summed E-state index contributed by atoms with van der Waals surface area (Å²) in [5.74, 6) is 7.18. The Balaban J connectivity index is 0.000000218. The molecular formula is C31H38Cl2N2. The smallest absolute Gasteiger partial charge is 0.0525 e. The molecule has 4 heteroatoms. The molecule has 0 radical (unpaired) electrons. The quantitative estimate of drug-likeness (QED) is 0.399. The van der Waals surface area contributed by atoms with Gasteiger partial charge in [-0.3, -0.25) is 0 Å². The molecule has 35 heavy (non-hydrogen) atoms. The highest BCUT2D eigenvalue weighted by Crippen LogP contribution is 2.30. The molecule has 2 aliphatic carbocycles. The van der Waals surface area contributed by atoms with E-state index in [2.05, 4.69) is 60.6 Å². The first-order valence-electron chi connectivity index (χ1n) is 13.3. The standard InChI is InChI=1S/C21H27ClN2.C10H11Cl/c1-3-4-20(24-21-14-23-12-11-15(21)2)18-10-9-17(13-19(18)22)8-7-16-5-6-16;11-10-6-5-8-3-1-2-4-9(8)7-10/h9-10,13,16,20,23-24H,3-6,11-12,14H2,1-2H3;5-7H,1-4H2. The third-order valence-electron chi connectivity index (χ3n) is 7.10. The van der Waals surface area contributed by atoms with Gasteiger partial charge in [0.25, 0.3) is 0 Å². The molecule has 2 aromatic carbocycles. The fourth-order valence-electron chi connectivity index (χ4n) is 4.77. The van der Waals surface area contributed by atoms with Gasteiger partial charge in [0, 0.05) is 33.8 Å². The monoisotopic (exact) mass is 508 g/mol. The van der Waals surface area contributed by atoms with E-state index < -0.39 is 0 Å². The molecule has 1 saturated carbocycles. The molecule has 1 aliphatic heterocycles. The Morgan fingerprint density at radius 1 is 1.03 bits per heavy atom.